The molecule has 0 fully saturated rings. The summed E-state index contributed by atoms with van der Waals surface area (Å²) in [5.74, 6) is 0.0417. The minimum absolute atomic E-state index is 0. The quantitative estimate of drug-likeness (QED) is 0.660. The van der Waals surface area contributed by atoms with E-state index in [2.05, 4.69) is 4.98 Å². The summed E-state index contributed by atoms with van der Waals surface area (Å²) < 4.78 is 0. The molecular formula is C5H6BrNOS. The molecule has 0 aliphatic carbocycles. The van der Waals surface area contributed by atoms with Crippen molar-refractivity contribution in [3.05, 3.63) is 16.6 Å². The van der Waals surface area contributed by atoms with Gasteiger partial charge in [-0.3, -0.25) is 4.79 Å². The second-order valence-electron chi connectivity index (χ2n) is 1.39. The Hall–Kier alpha value is -0.220. The van der Waals surface area contributed by atoms with Crippen molar-refractivity contribution >= 4 is 34.1 Å². The SMILES string of the molecule is Br.CC(=O)c1nccs1. The Morgan fingerprint density at radius 3 is 2.67 bits per heavy atom. The van der Waals surface area contributed by atoms with E-state index in [0.29, 0.717) is 5.01 Å². The number of nitrogens with zero attached hydrogens (tertiary/aromatic N) is 1. The zero-order chi connectivity index (χ0) is 5.98. The molecule has 0 aromatic carbocycles. The second kappa shape index (κ2) is 3.74. The maximum atomic E-state index is 10.5. The molecule has 1 rings (SSSR count). The van der Waals surface area contributed by atoms with Crippen molar-refractivity contribution in [2.45, 2.75) is 6.92 Å². The molecule has 4 heteroatoms. The van der Waals surface area contributed by atoms with Crippen molar-refractivity contribution < 1.29 is 4.79 Å². The molecule has 0 saturated carbocycles. The summed E-state index contributed by atoms with van der Waals surface area (Å²) >= 11 is 1.37. The third kappa shape index (κ3) is 2.24. The Labute approximate surface area is 67.7 Å². The second-order valence-corrected chi connectivity index (χ2v) is 2.29. The van der Waals surface area contributed by atoms with Crippen LogP contribution in [0.1, 0.15) is 16.7 Å². The standard InChI is InChI=1S/C5H5NOS.BrH/c1-4(7)5-6-2-3-8-5;/h2-3H,1H3;1H. The predicted molar refractivity (Wildman–Crippen MR) is 42.4 cm³/mol. The van der Waals surface area contributed by atoms with Gasteiger partial charge < -0.3 is 0 Å². The lowest BCUT2D eigenvalue weighted by molar-refractivity contribution is 0.101. The number of halogens is 1. The van der Waals surface area contributed by atoms with E-state index in [1.165, 1.54) is 18.3 Å². The molecule has 0 amide bonds. The zero-order valence-electron chi connectivity index (χ0n) is 4.83. The minimum atomic E-state index is 0. The van der Waals surface area contributed by atoms with Gasteiger partial charge in [-0.25, -0.2) is 4.98 Å². The molecule has 1 heterocycles. The summed E-state index contributed by atoms with van der Waals surface area (Å²) in [6.45, 7) is 1.51. The zero-order valence-corrected chi connectivity index (χ0v) is 7.36. The predicted octanol–water partition coefficient (Wildman–Crippen LogP) is 1.92. The smallest absolute Gasteiger partial charge is 0.188 e. The molecular weight excluding hydrogens is 202 g/mol. The van der Waals surface area contributed by atoms with Gasteiger partial charge in [-0.05, 0) is 0 Å². The van der Waals surface area contributed by atoms with Crippen LogP contribution in [0.25, 0.3) is 0 Å². The topological polar surface area (TPSA) is 30.0 Å². The first-order valence-corrected chi connectivity index (χ1v) is 3.09. The molecule has 50 valence electrons. The van der Waals surface area contributed by atoms with E-state index < -0.39 is 0 Å². The molecule has 0 aliphatic rings. The third-order valence-electron chi connectivity index (χ3n) is 0.733. The summed E-state index contributed by atoms with van der Waals surface area (Å²) in [6, 6.07) is 0. The highest BCUT2D eigenvalue weighted by Gasteiger charge is 1.97. The Balaban J connectivity index is 0.000000640. The highest BCUT2D eigenvalue weighted by molar-refractivity contribution is 8.93. The molecule has 2 nitrogen and oxygen atoms in total. The van der Waals surface area contributed by atoms with E-state index in [4.69, 9.17) is 0 Å². The highest BCUT2D eigenvalue weighted by Crippen LogP contribution is 2.02. The van der Waals surface area contributed by atoms with Crippen molar-refractivity contribution in [1.82, 2.24) is 4.98 Å². The van der Waals surface area contributed by atoms with Crippen LogP contribution < -0.4 is 0 Å². The monoisotopic (exact) mass is 207 g/mol. The highest BCUT2D eigenvalue weighted by atomic mass is 79.9. The lowest BCUT2D eigenvalue weighted by Crippen LogP contribution is -1.87. The largest absolute Gasteiger partial charge is 0.292 e. The van der Waals surface area contributed by atoms with Crippen LogP contribution in [0, 0.1) is 0 Å². The normalized spacial score (nSPS) is 8.11. The molecule has 0 radical (unpaired) electrons. The molecule has 9 heavy (non-hydrogen) atoms. The average Bonchev–Trinajstić information content (AvgIpc) is 2.12. The number of aromatic nitrogens is 1. The fourth-order valence-corrected chi connectivity index (χ4v) is 0.936. The number of hydrogen-bond acceptors (Lipinski definition) is 3. The van der Waals surface area contributed by atoms with Crippen molar-refractivity contribution in [3.63, 3.8) is 0 Å². The van der Waals surface area contributed by atoms with E-state index in [9.17, 15) is 4.79 Å². The molecule has 0 spiro atoms. The Morgan fingerprint density at radius 2 is 2.44 bits per heavy atom. The number of carbonyl (C=O) groups excluding carboxylic acids is 1. The molecule has 0 aliphatic heterocycles. The number of carbonyl (C=O) groups is 1. The van der Waals surface area contributed by atoms with Crippen LogP contribution in [-0.2, 0) is 0 Å². The van der Waals surface area contributed by atoms with Crippen LogP contribution in [0.2, 0.25) is 0 Å². The Morgan fingerprint density at radius 1 is 1.78 bits per heavy atom. The van der Waals surface area contributed by atoms with Crippen molar-refractivity contribution in [1.29, 1.82) is 0 Å². The first-order chi connectivity index (χ1) is 3.80. The molecule has 0 atom stereocenters. The van der Waals surface area contributed by atoms with Gasteiger partial charge in [-0.15, -0.1) is 28.3 Å². The molecule has 0 bridgehead atoms. The van der Waals surface area contributed by atoms with Crippen LogP contribution >= 0.6 is 28.3 Å². The number of rotatable bonds is 1. The van der Waals surface area contributed by atoms with Crippen LogP contribution in [-0.4, -0.2) is 10.8 Å². The van der Waals surface area contributed by atoms with Gasteiger partial charge in [0.05, 0.1) is 0 Å². The molecule has 0 saturated heterocycles. The van der Waals surface area contributed by atoms with E-state index in [-0.39, 0.29) is 22.8 Å². The van der Waals surface area contributed by atoms with Crippen LogP contribution in [0.4, 0.5) is 0 Å². The average molecular weight is 208 g/mol. The number of Topliss-reactive ketones (excluding diaryl/α,β-unsaturated/α-hetero) is 1. The van der Waals surface area contributed by atoms with Gasteiger partial charge in [0.15, 0.2) is 10.8 Å². The Kier molecular flexibility index (Phi) is 3.65. The van der Waals surface area contributed by atoms with Crippen LogP contribution in [0.15, 0.2) is 11.6 Å². The third-order valence-corrected chi connectivity index (χ3v) is 1.61. The lowest BCUT2D eigenvalue weighted by atomic mass is 10.5. The van der Waals surface area contributed by atoms with Crippen molar-refractivity contribution in [3.8, 4) is 0 Å². The molecule has 0 unspecified atom stereocenters. The van der Waals surface area contributed by atoms with Gasteiger partial charge in [-0.1, -0.05) is 0 Å². The van der Waals surface area contributed by atoms with Crippen molar-refractivity contribution in [2.75, 3.05) is 0 Å². The van der Waals surface area contributed by atoms with E-state index in [1.807, 2.05) is 0 Å². The van der Waals surface area contributed by atoms with Crippen LogP contribution in [0.3, 0.4) is 0 Å². The summed E-state index contributed by atoms with van der Waals surface area (Å²) in [5.41, 5.74) is 0. The minimum Gasteiger partial charge on any atom is -0.292 e. The molecule has 0 N–H and O–H groups in total. The van der Waals surface area contributed by atoms with Gasteiger partial charge in [-0.2, -0.15) is 0 Å². The first kappa shape index (κ1) is 8.78. The van der Waals surface area contributed by atoms with Crippen molar-refractivity contribution in [2.24, 2.45) is 0 Å². The summed E-state index contributed by atoms with van der Waals surface area (Å²) in [7, 11) is 0. The van der Waals surface area contributed by atoms with Gasteiger partial charge in [0.2, 0.25) is 0 Å². The number of ketones is 1. The fraction of sp³-hybridized carbons (Fsp3) is 0.200. The summed E-state index contributed by atoms with van der Waals surface area (Å²) in [5, 5.41) is 2.38. The summed E-state index contributed by atoms with van der Waals surface area (Å²) in [4.78, 5) is 14.2. The van der Waals surface area contributed by atoms with E-state index in [1.54, 1.807) is 11.6 Å². The van der Waals surface area contributed by atoms with Gasteiger partial charge >= 0.3 is 0 Å². The van der Waals surface area contributed by atoms with E-state index in [0.717, 1.165) is 0 Å². The number of hydrogen-bond donors (Lipinski definition) is 0. The fourth-order valence-electron chi connectivity index (χ4n) is 0.397. The summed E-state index contributed by atoms with van der Waals surface area (Å²) in [6.07, 6.45) is 1.63. The van der Waals surface area contributed by atoms with Gasteiger partial charge in [0.25, 0.3) is 0 Å². The molecule has 1 aromatic heterocycles. The van der Waals surface area contributed by atoms with Crippen LogP contribution in [0.5, 0.6) is 0 Å². The van der Waals surface area contributed by atoms with E-state index >= 15 is 0 Å². The van der Waals surface area contributed by atoms with Gasteiger partial charge in [0.1, 0.15) is 0 Å². The maximum absolute atomic E-state index is 10.5. The number of thiazole rings is 1. The maximum Gasteiger partial charge on any atom is 0.188 e. The first-order valence-electron chi connectivity index (χ1n) is 2.21. The Bertz CT molecular complexity index is 185. The lowest BCUT2D eigenvalue weighted by Gasteiger charge is -1.78. The molecule has 1 aromatic rings. The van der Waals surface area contributed by atoms with Gasteiger partial charge in [0, 0.05) is 18.5 Å².